The van der Waals surface area contributed by atoms with E-state index in [1.165, 1.54) is 4.90 Å². The Hall–Kier alpha value is -1.59. The first-order chi connectivity index (χ1) is 9.36. The van der Waals surface area contributed by atoms with Crippen molar-refractivity contribution in [3.63, 3.8) is 0 Å². The summed E-state index contributed by atoms with van der Waals surface area (Å²) in [7, 11) is 0. The van der Waals surface area contributed by atoms with Crippen molar-refractivity contribution >= 4 is 17.8 Å². The third kappa shape index (κ3) is 4.21. The second kappa shape index (κ2) is 7.26. The Kier molecular flexibility index (Phi) is 5.98. The van der Waals surface area contributed by atoms with Gasteiger partial charge in [0.2, 0.25) is 11.8 Å². The molecule has 2 N–H and O–H groups in total. The molecule has 0 aromatic heterocycles. The maximum absolute atomic E-state index is 12.4. The average molecular weight is 284 g/mol. The molecule has 1 aliphatic carbocycles. The van der Waals surface area contributed by atoms with Crippen LogP contribution in [0, 0.1) is 11.8 Å². The first-order valence-electron chi connectivity index (χ1n) is 7.17. The van der Waals surface area contributed by atoms with E-state index in [1.807, 2.05) is 13.8 Å². The summed E-state index contributed by atoms with van der Waals surface area (Å²) in [5.41, 5.74) is 0. The average Bonchev–Trinajstić information content (AvgIpc) is 2.83. The lowest BCUT2D eigenvalue weighted by molar-refractivity contribution is -0.149. The summed E-state index contributed by atoms with van der Waals surface area (Å²) in [5, 5.41) is 11.9. The zero-order chi connectivity index (χ0) is 15.3. The van der Waals surface area contributed by atoms with Crippen LogP contribution in [-0.2, 0) is 14.4 Å². The molecule has 6 nitrogen and oxygen atoms in total. The number of carboxylic acids is 1. The van der Waals surface area contributed by atoms with Crippen molar-refractivity contribution in [1.82, 2.24) is 10.2 Å². The summed E-state index contributed by atoms with van der Waals surface area (Å²) in [6.07, 6.45) is 1.89. The molecule has 0 aromatic rings. The predicted molar refractivity (Wildman–Crippen MR) is 74.0 cm³/mol. The van der Waals surface area contributed by atoms with Crippen LogP contribution < -0.4 is 5.32 Å². The van der Waals surface area contributed by atoms with Crippen molar-refractivity contribution in [3.8, 4) is 0 Å². The predicted octanol–water partition coefficient (Wildman–Crippen LogP) is 0.860. The van der Waals surface area contributed by atoms with Crippen LogP contribution in [0.1, 0.15) is 40.0 Å². The highest BCUT2D eigenvalue weighted by Gasteiger charge is 2.39. The molecule has 1 fully saturated rings. The van der Waals surface area contributed by atoms with Crippen LogP contribution in [0.25, 0.3) is 0 Å². The van der Waals surface area contributed by atoms with E-state index in [0.29, 0.717) is 19.4 Å². The minimum absolute atomic E-state index is 0.00362. The zero-order valence-electron chi connectivity index (χ0n) is 12.4. The number of carbonyl (C=O) groups excluding carboxylic acids is 2. The number of carboxylic acid groups (broad SMARTS) is 1. The fraction of sp³-hybridized carbons (Fsp3) is 0.786. The molecule has 1 rings (SSSR count). The molecule has 0 heterocycles. The van der Waals surface area contributed by atoms with E-state index >= 15 is 0 Å². The van der Waals surface area contributed by atoms with Crippen LogP contribution >= 0.6 is 0 Å². The van der Waals surface area contributed by atoms with Crippen molar-refractivity contribution in [1.29, 1.82) is 0 Å². The van der Waals surface area contributed by atoms with Gasteiger partial charge in [-0.05, 0) is 33.6 Å². The Morgan fingerprint density at radius 1 is 1.25 bits per heavy atom. The summed E-state index contributed by atoms with van der Waals surface area (Å²) in [4.78, 5) is 36.7. The van der Waals surface area contributed by atoms with Gasteiger partial charge in [-0.2, -0.15) is 0 Å². The summed E-state index contributed by atoms with van der Waals surface area (Å²) >= 11 is 0. The Bertz CT molecular complexity index is 381. The Balaban J connectivity index is 2.67. The van der Waals surface area contributed by atoms with E-state index in [1.54, 1.807) is 6.92 Å². The van der Waals surface area contributed by atoms with E-state index in [9.17, 15) is 14.4 Å². The first-order valence-corrected chi connectivity index (χ1v) is 7.17. The second-order valence-electron chi connectivity index (χ2n) is 5.56. The molecule has 0 unspecified atom stereocenters. The highest BCUT2D eigenvalue weighted by Crippen LogP contribution is 2.33. The Morgan fingerprint density at radius 2 is 1.85 bits per heavy atom. The molecule has 2 atom stereocenters. The van der Waals surface area contributed by atoms with Gasteiger partial charge in [-0.1, -0.05) is 6.42 Å². The van der Waals surface area contributed by atoms with E-state index < -0.39 is 17.8 Å². The van der Waals surface area contributed by atoms with Gasteiger partial charge in [-0.15, -0.1) is 0 Å². The van der Waals surface area contributed by atoms with Crippen molar-refractivity contribution in [2.24, 2.45) is 11.8 Å². The van der Waals surface area contributed by atoms with Gasteiger partial charge in [0.25, 0.3) is 0 Å². The van der Waals surface area contributed by atoms with Crippen molar-refractivity contribution in [3.05, 3.63) is 0 Å². The third-order valence-electron chi connectivity index (χ3n) is 3.63. The lowest BCUT2D eigenvalue weighted by Crippen LogP contribution is -2.45. The molecule has 0 radical (unpaired) electrons. The second-order valence-corrected chi connectivity index (χ2v) is 5.56. The van der Waals surface area contributed by atoms with Crippen LogP contribution in [0.5, 0.6) is 0 Å². The molecule has 0 bridgehead atoms. The largest absolute Gasteiger partial charge is 0.481 e. The fourth-order valence-corrected chi connectivity index (χ4v) is 2.67. The lowest BCUT2D eigenvalue weighted by atomic mass is 9.94. The number of carbonyl (C=O) groups is 3. The highest BCUT2D eigenvalue weighted by molar-refractivity contribution is 5.89. The topological polar surface area (TPSA) is 86.7 Å². The van der Waals surface area contributed by atoms with Gasteiger partial charge in [0.05, 0.1) is 18.4 Å². The zero-order valence-corrected chi connectivity index (χ0v) is 12.4. The normalized spacial score (nSPS) is 21.8. The number of likely N-dealkylation sites (N-methyl/N-ethyl adjacent to an activating group) is 1. The molecule has 0 aromatic carbocycles. The van der Waals surface area contributed by atoms with E-state index in [0.717, 1.165) is 6.42 Å². The molecule has 114 valence electrons. The standard InChI is InChI=1S/C14H24N2O4/c1-4-16(8-12(17)15-9(2)3)13(18)10-6-5-7-11(10)14(19)20/h9-11H,4-8H2,1-3H3,(H,15,17)(H,19,20)/t10-,11+/m1/s1. The molecule has 20 heavy (non-hydrogen) atoms. The number of hydrogen-bond donors (Lipinski definition) is 2. The number of aliphatic carboxylic acids is 1. The number of nitrogens with zero attached hydrogens (tertiary/aromatic N) is 1. The number of hydrogen-bond acceptors (Lipinski definition) is 3. The van der Waals surface area contributed by atoms with Gasteiger partial charge in [0, 0.05) is 12.6 Å². The molecular weight excluding hydrogens is 260 g/mol. The van der Waals surface area contributed by atoms with Crippen LogP contribution in [0.3, 0.4) is 0 Å². The van der Waals surface area contributed by atoms with Gasteiger partial charge in [-0.25, -0.2) is 0 Å². The maximum Gasteiger partial charge on any atom is 0.307 e. The lowest BCUT2D eigenvalue weighted by Gasteiger charge is -2.26. The number of nitrogens with one attached hydrogen (secondary N) is 1. The molecule has 1 aliphatic rings. The molecule has 0 spiro atoms. The monoisotopic (exact) mass is 284 g/mol. The van der Waals surface area contributed by atoms with Crippen molar-refractivity contribution in [2.75, 3.05) is 13.1 Å². The van der Waals surface area contributed by atoms with Gasteiger partial charge in [-0.3, -0.25) is 14.4 Å². The smallest absolute Gasteiger partial charge is 0.307 e. The Labute approximate surface area is 119 Å². The summed E-state index contributed by atoms with van der Waals surface area (Å²) in [6.45, 7) is 5.91. The van der Waals surface area contributed by atoms with Crippen LogP contribution in [0.4, 0.5) is 0 Å². The van der Waals surface area contributed by atoms with E-state index in [-0.39, 0.29) is 24.4 Å². The molecule has 0 aliphatic heterocycles. The molecule has 1 saturated carbocycles. The number of amides is 2. The van der Waals surface area contributed by atoms with Gasteiger partial charge >= 0.3 is 5.97 Å². The van der Waals surface area contributed by atoms with Crippen molar-refractivity contribution < 1.29 is 19.5 Å². The van der Waals surface area contributed by atoms with Gasteiger partial charge < -0.3 is 15.3 Å². The molecular formula is C14H24N2O4. The van der Waals surface area contributed by atoms with E-state index in [2.05, 4.69) is 5.32 Å². The molecule has 6 heteroatoms. The summed E-state index contributed by atoms with van der Waals surface area (Å²) in [6, 6.07) is 0.0227. The van der Waals surface area contributed by atoms with Crippen molar-refractivity contribution in [2.45, 2.75) is 46.1 Å². The van der Waals surface area contributed by atoms with Gasteiger partial charge in [0.1, 0.15) is 0 Å². The third-order valence-corrected chi connectivity index (χ3v) is 3.63. The highest BCUT2D eigenvalue weighted by atomic mass is 16.4. The quantitative estimate of drug-likeness (QED) is 0.757. The van der Waals surface area contributed by atoms with Crippen LogP contribution in [0.2, 0.25) is 0 Å². The minimum Gasteiger partial charge on any atom is -0.481 e. The maximum atomic E-state index is 12.4. The SMILES string of the molecule is CCN(CC(=O)NC(C)C)C(=O)[C@@H]1CCC[C@@H]1C(=O)O. The first kappa shape index (κ1) is 16.5. The summed E-state index contributed by atoms with van der Waals surface area (Å²) < 4.78 is 0. The fourth-order valence-electron chi connectivity index (χ4n) is 2.67. The van der Waals surface area contributed by atoms with Crippen LogP contribution in [0.15, 0.2) is 0 Å². The van der Waals surface area contributed by atoms with Crippen LogP contribution in [-0.4, -0.2) is 46.9 Å². The minimum atomic E-state index is -0.913. The summed E-state index contributed by atoms with van der Waals surface area (Å²) in [5.74, 6) is -2.43. The van der Waals surface area contributed by atoms with E-state index in [4.69, 9.17) is 5.11 Å². The van der Waals surface area contributed by atoms with Gasteiger partial charge in [0.15, 0.2) is 0 Å². The molecule has 0 saturated heterocycles. The Morgan fingerprint density at radius 3 is 2.35 bits per heavy atom. The number of rotatable bonds is 6. The molecule has 2 amide bonds.